The normalized spacial score (nSPS) is 16.0. The van der Waals surface area contributed by atoms with Crippen LogP contribution >= 0.6 is 11.3 Å². The first-order chi connectivity index (χ1) is 10.5. The Hall–Kier alpha value is -1.73. The molecule has 1 saturated heterocycles. The predicted octanol–water partition coefficient (Wildman–Crippen LogP) is 2.37. The fourth-order valence-electron chi connectivity index (χ4n) is 2.18. The molecule has 2 heterocycles. The van der Waals surface area contributed by atoms with Gasteiger partial charge in [-0.1, -0.05) is 0 Å². The van der Waals surface area contributed by atoms with Crippen LogP contribution in [-0.4, -0.2) is 57.4 Å². The number of hydrogen-bond donors (Lipinski definition) is 0. The van der Waals surface area contributed by atoms with Gasteiger partial charge in [-0.3, -0.25) is 4.79 Å². The molecule has 7 heteroatoms. The van der Waals surface area contributed by atoms with Gasteiger partial charge in [0.25, 0.3) is 0 Å². The van der Waals surface area contributed by atoms with E-state index in [1.165, 1.54) is 7.11 Å². The van der Waals surface area contributed by atoms with Crippen molar-refractivity contribution in [2.45, 2.75) is 12.8 Å². The second-order valence-electron chi connectivity index (χ2n) is 5.28. The first-order valence-corrected chi connectivity index (χ1v) is 7.89. The van der Waals surface area contributed by atoms with Crippen LogP contribution in [0.1, 0.15) is 32.2 Å². The zero-order valence-corrected chi connectivity index (χ0v) is 13.8. The number of nitrogens with zero attached hydrogens (tertiary/aromatic N) is 2. The van der Waals surface area contributed by atoms with E-state index < -0.39 is 5.97 Å². The van der Waals surface area contributed by atoms with Crippen LogP contribution < -0.4 is 0 Å². The third-order valence-electron chi connectivity index (χ3n) is 3.35. The van der Waals surface area contributed by atoms with Crippen molar-refractivity contribution in [1.82, 2.24) is 4.90 Å². The zero-order valence-electron chi connectivity index (χ0n) is 13.0. The third-order valence-corrected chi connectivity index (χ3v) is 4.46. The molecule has 0 N–H and O–H groups in total. The second kappa shape index (κ2) is 7.51. The van der Waals surface area contributed by atoms with Crippen LogP contribution in [0.2, 0.25) is 0 Å². The summed E-state index contributed by atoms with van der Waals surface area (Å²) in [5.74, 6) is -0.449. The van der Waals surface area contributed by atoms with Crippen LogP contribution in [0.5, 0.6) is 0 Å². The third kappa shape index (κ3) is 3.92. The Kier molecular flexibility index (Phi) is 5.68. The van der Waals surface area contributed by atoms with Gasteiger partial charge in [0.15, 0.2) is 5.78 Å². The van der Waals surface area contributed by atoms with Gasteiger partial charge < -0.3 is 14.4 Å². The summed E-state index contributed by atoms with van der Waals surface area (Å²) < 4.78 is 10.1. The number of rotatable bonds is 5. The average molecular weight is 324 g/mol. The number of thiophene rings is 1. The molecular formula is C15H20N2O4S. The molecule has 1 aliphatic heterocycles. The number of esters is 1. The molecular weight excluding hydrogens is 304 g/mol. The molecule has 120 valence electrons. The number of ketones is 1. The van der Waals surface area contributed by atoms with Crippen LogP contribution in [0, 0.1) is 5.92 Å². The van der Waals surface area contributed by atoms with E-state index in [1.54, 1.807) is 17.3 Å². The minimum atomic E-state index is -0.470. The van der Waals surface area contributed by atoms with E-state index >= 15 is 0 Å². The van der Waals surface area contributed by atoms with E-state index in [0.717, 1.165) is 24.2 Å². The van der Waals surface area contributed by atoms with E-state index in [0.29, 0.717) is 28.7 Å². The Morgan fingerprint density at radius 1 is 1.41 bits per heavy atom. The molecule has 0 unspecified atom stereocenters. The molecule has 0 spiro atoms. The summed E-state index contributed by atoms with van der Waals surface area (Å²) >= 11 is 1.15. The maximum atomic E-state index is 12.6. The minimum Gasteiger partial charge on any atom is -0.465 e. The number of ether oxygens (including phenoxy) is 2. The molecule has 0 amide bonds. The fraction of sp³-hybridized carbons (Fsp3) is 0.533. The first kappa shape index (κ1) is 16.6. The van der Waals surface area contributed by atoms with Crippen LogP contribution in [0.3, 0.4) is 0 Å². The van der Waals surface area contributed by atoms with Gasteiger partial charge in [-0.05, 0) is 18.9 Å². The molecule has 1 aromatic rings. The van der Waals surface area contributed by atoms with Crippen molar-refractivity contribution in [1.29, 1.82) is 0 Å². The summed E-state index contributed by atoms with van der Waals surface area (Å²) in [6, 6.07) is 1.68. The van der Waals surface area contributed by atoms with Crippen LogP contribution in [0.25, 0.3) is 0 Å². The summed E-state index contributed by atoms with van der Waals surface area (Å²) in [4.78, 5) is 31.3. The summed E-state index contributed by atoms with van der Waals surface area (Å²) in [6.07, 6.45) is 3.04. The molecule has 0 atom stereocenters. The standard InChI is InChI=1S/C15H20N2O4S/c1-17(2)9-16-11-8-12(22-14(11)15(19)20-3)13(18)10-4-6-21-7-5-10/h8-10H,4-7H2,1-3H3. The fourth-order valence-corrected chi connectivity index (χ4v) is 3.22. The van der Waals surface area contributed by atoms with Crippen LogP contribution in [-0.2, 0) is 9.47 Å². The van der Waals surface area contributed by atoms with Crippen molar-refractivity contribution in [3.8, 4) is 0 Å². The highest BCUT2D eigenvalue weighted by atomic mass is 32.1. The molecule has 2 rings (SSSR count). The van der Waals surface area contributed by atoms with Gasteiger partial charge >= 0.3 is 5.97 Å². The zero-order chi connectivity index (χ0) is 16.1. The Balaban J connectivity index is 2.28. The van der Waals surface area contributed by atoms with Crippen LogP contribution in [0.15, 0.2) is 11.1 Å². The SMILES string of the molecule is COC(=O)c1sc(C(=O)C2CCOCC2)cc1N=CN(C)C. The van der Waals surface area contributed by atoms with Crippen LogP contribution in [0.4, 0.5) is 5.69 Å². The Bertz CT molecular complexity index is 574. The van der Waals surface area contributed by atoms with Gasteiger partial charge in [-0.25, -0.2) is 9.79 Å². The van der Waals surface area contributed by atoms with E-state index in [-0.39, 0.29) is 11.7 Å². The molecule has 6 nitrogen and oxygen atoms in total. The molecule has 1 fully saturated rings. The van der Waals surface area contributed by atoms with Crippen molar-refractivity contribution in [3.05, 3.63) is 15.8 Å². The lowest BCUT2D eigenvalue weighted by atomic mass is 9.94. The van der Waals surface area contributed by atoms with Gasteiger partial charge in [-0.2, -0.15) is 0 Å². The monoisotopic (exact) mass is 324 g/mol. The maximum Gasteiger partial charge on any atom is 0.350 e. The molecule has 0 aromatic carbocycles. The number of hydrogen-bond acceptors (Lipinski definition) is 6. The Morgan fingerprint density at radius 2 is 2.09 bits per heavy atom. The summed E-state index contributed by atoms with van der Waals surface area (Å²) in [5.41, 5.74) is 0.473. The van der Waals surface area contributed by atoms with E-state index in [1.807, 2.05) is 14.1 Å². The smallest absolute Gasteiger partial charge is 0.350 e. The highest BCUT2D eigenvalue weighted by Crippen LogP contribution is 2.33. The van der Waals surface area contributed by atoms with Gasteiger partial charge in [0.1, 0.15) is 4.88 Å². The van der Waals surface area contributed by atoms with Gasteiger partial charge in [0.05, 0.1) is 24.0 Å². The van der Waals surface area contributed by atoms with E-state index in [2.05, 4.69) is 4.99 Å². The largest absolute Gasteiger partial charge is 0.465 e. The second-order valence-corrected chi connectivity index (χ2v) is 6.33. The molecule has 1 aromatic heterocycles. The lowest BCUT2D eigenvalue weighted by molar-refractivity contribution is 0.0547. The lowest BCUT2D eigenvalue weighted by Gasteiger charge is -2.19. The highest BCUT2D eigenvalue weighted by molar-refractivity contribution is 7.16. The molecule has 0 bridgehead atoms. The summed E-state index contributed by atoms with van der Waals surface area (Å²) in [7, 11) is 4.99. The number of carbonyl (C=O) groups excluding carboxylic acids is 2. The molecule has 1 aliphatic rings. The predicted molar refractivity (Wildman–Crippen MR) is 85.4 cm³/mol. The quantitative estimate of drug-likeness (QED) is 0.360. The van der Waals surface area contributed by atoms with Gasteiger partial charge in [0.2, 0.25) is 0 Å². The average Bonchev–Trinajstić information content (AvgIpc) is 2.96. The van der Waals surface area contributed by atoms with Crippen molar-refractivity contribution >= 4 is 35.1 Å². The van der Waals surface area contributed by atoms with Gasteiger partial charge in [-0.15, -0.1) is 11.3 Å². The summed E-state index contributed by atoms with van der Waals surface area (Å²) in [6.45, 7) is 1.22. The van der Waals surface area contributed by atoms with Crippen molar-refractivity contribution in [2.75, 3.05) is 34.4 Å². The maximum absolute atomic E-state index is 12.6. The summed E-state index contributed by atoms with van der Waals surface area (Å²) in [5, 5.41) is 0. The topological polar surface area (TPSA) is 68.2 Å². The number of Topliss-reactive ketones (excluding diaryl/α,β-unsaturated/α-hetero) is 1. The number of methoxy groups -OCH3 is 1. The molecule has 0 aliphatic carbocycles. The first-order valence-electron chi connectivity index (χ1n) is 7.07. The van der Waals surface area contributed by atoms with E-state index in [9.17, 15) is 9.59 Å². The minimum absolute atomic E-state index is 0.0384. The Morgan fingerprint density at radius 3 is 2.68 bits per heavy atom. The molecule has 0 radical (unpaired) electrons. The van der Waals surface area contributed by atoms with Crippen molar-refractivity contribution < 1.29 is 19.1 Å². The van der Waals surface area contributed by atoms with Crippen molar-refractivity contribution in [2.24, 2.45) is 10.9 Å². The van der Waals surface area contributed by atoms with Crippen molar-refractivity contribution in [3.63, 3.8) is 0 Å². The number of carbonyl (C=O) groups is 2. The van der Waals surface area contributed by atoms with Gasteiger partial charge in [0, 0.05) is 33.2 Å². The number of aliphatic imine (C=N–C) groups is 1. The molecule has 0 saturated carbocycles. The highest BCUT2D eigenvalue weighted by Gasteiger charge is 2.27. The lowest BCUT2D eigenvalue weighted by Crippen LogP contribution is -2.22. The molecule has 22 heavy (non-hydrogen) atoms. The van der Waals surface area contributed by atoms with E-state index in [4.69, 9.17) is 9.47 Å². The Labute approximate surface area is 133 Å².